The van der Waals surface area contributed by atoms with Gasteiger partial charge in [0.25, 0.3) is 5.91 Å². The van der Waals surface area contributed by atoms with E-state index in [0.29, 0.717) is 12.3 Å². The Balaban J connectivity index is 1.51. The highest BCUT2D eigenvalue weighted by molar-refractivity contribution is 7.13. The van der Waals surface area contributed by atoms with Crippen LogP contribution in [0.2, 0.25) is 0 Å². The maximum Gasteiger partial charge on any atom is 0.271 e. The van der Waals surface area contributed by atoms with Crippen molar-refractivity contribution >= 4 is 17.2 Å². The molecule has 3 aromatic rings. The van der Waals surface area contributed by atoms with E-state index >= 15 is 0 Å². The quantitative estimate of drug-likeness (QED) is 0.796. The molecule has 0 spiro atoms. The van der Waals surface area contributed by atoms with Crippen LogP contribution < -0.4 is 10.1 Å². The molecule has 1 N–H and O–H groups in total. The monoisotopic (exact) mass is 336 g/mol. The molecule has 0 saturated carbocycles. The van der Waals surface area contributed by atoms with Crippen LogP contribution in [0, 0.1) is 0 Å². The summed E-state index contributed by atoms with van der Waals surface area (Å²) in [5.74, 6) is 0.754. The topological polar surface area (TPSA) is 51.2 Å². The van der Waals surface area contributed by atoms with Gasteiger partial charge in [0.1, 0.15) is 18.1 Å². The number of hydrogen-bond acceptors (Lipinski definition) is 4. The summed E-state index contributed by atoms with van der Waals surface area (Å²) in [5, 5.41) is 3.05. The zero-order valence-electron chi connectivity index (χ0n) is 12.9. The summed E-state index contributed by atoms with van der Waals surface area (Å²) in [5.41, 5.74) is 4.32. The van der Waals surface area contributed by atoms with E-state index < -0.39 is 0 Å². The number of ether oxygens (including phenoxy) is 1. The lowest BCUT2D eigenvalue weighted by Gasteiger charge is -2.25. The summed E-state index contributed by atoms with van der Waals surface area (Å²) in [6, 6.07) is 17.8. The SMILES string of the molecule is O=C(N[C@@H]1COc2ccccc2C1)c1ncsc1-c1ccccc1. The summed E-state index contributed by atoms with van der Waals surface area (Å²) in [4.78, 5) is 17.8. The number of fused-ring (bicyclic) bond motifs is 1. The highest BCUT2D eigenvalue weighted by atomic mass is 32.1. The molecular weight excluding hydrogens is 320 g/mol. The highest BCUT2D eigenvalue weighted by Crippen LogP contribution is 2.28. The molecule has 4 rings (SSSR count). The first-order valence-electron chi connectivity index (χ1n) is 7.82. The molecule has 1 aromatic heterocycles. The first-order valence-corrected chi connectivity index (χ1v) is 8.69. The van der Waals surface area contributed by atoms with E-state index in [-0.39, 0.29) is 11.9 Å². The fourth-order valence-electron chi connectivity index (χ4n) is 2.88. The standard InChI is InChI=1S/C19H16N2O2S/c22-19(17-18(24-12-20-17)13-6-2-1-3-7-13)21-15-10-14-8-4-5-9-16(14)23-11-15/h1-9,12,15H,10-11H2,(H,21,22)/t15-/m0/s1. The lowest BCUT2D eigenvalue weighted by atomic mass is 10.0. The van der Waals surface area contributed by atoms with Gasteiger partial charge in [0.2, 0.25) is 0 Å². The van der Waals surface area contributed by atoms with Crippen LogP contribution in [0.3, 0.4) is 0 Å². The number of para-hydroxylation sites is 1. The van der Waals surface area contributed by atoms with Crippen LogP contribution in [0.15, 0.2) is 60.1 Å². The maximum atomic E-state index is 12.7. The normalized spacial score (nSPS) is 16.1. The third kappa shape index (κ3) is 2.90. The van der Waals surface area contributed by atoms with Gasteiger partial charge >= 0.3 is 0 Å². The van der Waals surface area contributed by atoms with Crippen LogP contribution in [0.25, 0.3) is 10.4 Å². The first-order chi connectivity index (χ1) is 11.8. The third-order valence-electron chi connectivity index (χ3n) is 4.03. The van der Waals surface area contributed by atoms with Gasteiger partial charge in [-0.15, -0.1) is 11.3 Å². The number of thiazole rings is 1. The van der Waals surface area contributed by atoms with Gasteiger partial charge in [0.05, 0.1) is 16.4 Å². The predicted octanol–water partition coefficient (Wildman–Crippen LogP) is 3.54. The molecule has 1 atom stereocenters. The molecule has 24 heavy (non-hydrogen) atoms. The number of nitrogens with zero attached hydrogens (tertiary/aromatic N) is 1. The molecule has 0 bridgehead atoms. The smallest absolute Gasteiger partial charge is 0.271 e. The van der Waals surface area contributed by atoms with E-state index in [2.05, 4.69) is 10.3 Å². The van der Waals surface area contributed by atoms with Gasteiger partial charge in [0.15, 0.2) is 0 Å². The average molecular weight is 336 g/mol. The summed E-state index contributed by atoms with van der Waals surface area (Å²) < 4.78 is 5.74. The minimum Gasteiger partial charge on any atom is -0.491 e. The van der Waals surface area contributed by atoms with E-state index in [1.807, 2.05) is 54.6 Å². The van der Waals surface area contributed by atoms with Crippen LogP contribution >= 0.6 is 11.3 Å². The van der Waals surface area contributed by atoms with Crippen LogP contribution in [0.4, 0.5) is 0 Å². The van der Waals surface area contributed by atoms with Crippen molar-refractivity contribution in [3.8, 4) is 16.2 Å². The molecular formula is C19H16N2O2S. The van der Waals surface area contributed by atoms with Crippen molar-refractivity contribution in [2.24, 2.45) is 0 Å². The number of hydrogen-bond donors (Lipinski definition) is 1. The zero-order valence-corrected chi connectivity index (χ0v) is 13.8. The Morgan fingerprint density at radius 1 is 1.12 bits per heavy atom. The molecule has 0 aliphatic carbocycles. The van der Waals surface area contributed by atoms with Gasteiger partial charge in [-0.3, -0.25) is 4.79 Å². The Kier molecular flexibility index (Phi) is 4.01. The minimum atomic E-state index is -0.150. The Morgan fingerprint density at radius 2 is 1.92 bits per heavy atom. The maximum absolute atomic E-state index is 12.7. The van der Waals surface area contributed by atoms with Gasteiger partial charge in [0, 0.05) is 0 Å². The molecule has 1 aliphatic heterocycles. The summed E-state index contributed by atoms with van der Waals surface area (Å²) in [7, 11) is 0. The van der Waals surface area contributed by atoms with Gasteiger partial charge in [-0.25, -0.2) is 4.98 Å². The van der Waals surface area contributed by atoms with Crippen LogP contribution in [0.1, 0.15) is 16.1 Å². The van der Waals surface area contributed by atoms with Crippen molar-refractivity contribution < 1.29 is 9.53 Å². The van der Waals surface area contributed by atoms with E-state index in [1.54, 1.807) is 5.51 Å². The molecule has 2 aromatic carbocycles. The van der Waals surface area contributed by atoms with Crippen LogP contribution in [0.5, 0.6) is 5.75 Å². The molecule has 0 unspecified atom stereocenters. The Hall–Kier alpha value is -2.66. The number of carbonyl (C=O) groups excluding carboxylic acids is 1. The lowest BCUT2D eigenvalue weighted by molar-refractivity contribution is 0.0911. The van der Waals surface area contributed by atoms with Crippen molar-refractivity contribution in [2.45, 2.75) is 12.5 Å². The van der Waals surface area contributed by atoms with Gasteiger partial charge in [-0.1, -0.05) is 48.5 Å². The summed E-state index contributed by atoms with van der Waals surface area (Å²) >= 11 is 1.48. The van der Waals surface area contributed by atoms with Crippen LogP contribution in [-0.2, 0) is 6.42 Å². The number of benzene rings is 2. The Morgan fingerprint density at radius 3 is 2.79 bits per heavy atom. The summed E-state index contributed by atoms with van der Waals surface area (Å²) in [6.07, 6.45) is 0.771. The Bertz CT molecular complexity index is 861. The van der Waals surface area contributed by atoms with Crippen molar-refractivity contribution in [1.82, 2.24) is 10.3 Å². The van der Waals surface area contributed by atoms with E-state index in [1.165, 1.54) is 11.3 Å². The van der Waals surface area contributed by atoms with Gasteiger partial charge in [-0.2, -0.15) is 0 Å². The molecule has 120 valence electrons. The number of amides is 1. The fraction of sp³-hybridized carbons (Fsp3) is 0.158. The molecule has 0 fully saturated rings. The Labute approximate surface area is 144 Å². The van der Waals surface area contributed by atoms with Gasteiger partial charge in [-0.05, 0) is 23.6 Å². The van der Waals surface area contributed by atoms with Crippen LogP contribution in [-0.4, -0.2) is 23.5 Å². The van der Waals surface area contributed by atoms with Crippen molar-refractivity contribution in [2.75, 3.05) is 6.61 Å². The zero-order chi connectivity index (χ0) is 16.4. The number of rotatable bonds is 3. The highest BCUT2D eigenvalue weighted by Gasteiger charge is 2.24. The second-order valence-electron chi connectivity index (χ2n) is 5.69. The van der Waals surface area contributed by atoms with Crippen molar-refractivity contribution in [3.05, 3.63) is 71.4 Å². The van der Waals surface area contributed by atoms with Crippen molar-refractivity contribution in [3.63, 3.8) is 0 Å². The van der Waals surface area contributed by atoms with E-state index in [9.17, 15) is 4.79 Å². The molecule has 0 radical (unpaired) electrons. The molecule has 1 aliphatic rings. The minimum absolute atomic E-state index is 0.0438. The largest absolute Gasteiger partial charge is 0.491 e. The molecule has 0 saturated heterocycles. The number of nitrogens with one attached hydrogen (secondary N) is 1. The van der Waals surface area contributed by atoms with E-state index in [0.717, 1.165) is 28.2 Å². The average Bonchev–Trinajstić information content (AvgIpc) is 3.12. The summed E-state index contributed by atoms with van der Waals surface area (Å²) in [6.45, 7) is 0.480. The molecule has 1 amide bonds. The number of aromatic nitrogens is 1. The van der Waals surface area contributed by atoms with Gasteiger partial charge < -0.3 is 10.1 Å². The van der Waals surface area contributed by atoms with E-state index in [4.69, 9.17) is 4.74 Å². The van der Waals surface area contributed by atoms with Crippen molar-refractivity contribution in [1.29, 1.82) is 0 Å². The number of carbonyl (C=O) groups is 1. The first kappa shape index (κ1) is 14.9. The fourth-order valence-corrected chi connectivity index (χ4v) is 3.67. The second-order valence-corrected chi connectivity index (χ2v) is 6.54. The third-order valence-corrected chi connectivity index (χ3v) is 4.91. The molecule has 5 heteroatoms. The second kappa shape index (κ2) is 6.45. The predicted molar refractivity (Wildman–Crippen MR) is 94.4 cm³/mol. The lowest BCUT2D eigenvalue weighted by Crippen LogP contribution is -2.42. The molecule has 4 nitrogen and oxygen atoms in total. The molecule has 2 heterocycles.